The van der Waals surface area contributed by atoms with Gasteiger partial charge in [-0.25, -0.2) is 0 Å². The van der Waals surface area contributed by atoms with Crippen molar-refractivity contribution in [2.24, 2.45) is 0 Å². The fourth-order valence-corrected chi connectivity index (χ4v) is 7.02. The predicted octanol–water partition coefficient (Wildman–Crippen LogP) is 19.5. The van der Waals surface area contributed by atoms with Crippen LogP contribution in [0.15, 0.2) is 182 Å². The van der Waals surface area contributed by atoms with Gasteiger partial charge in [-0.1, -0.05) is 241 Å². The van der Waals surface area contributed by atoms with E-state index in [9.17, 15) is 14.7 Å². The first kappa shape index (κ1) is 67.0. The summed E-state index contributed by atoms with van der Waals surface area (Å²) < 4.78 is 10.7. The van der Waals surface area contributed by atoms with E-state index in [1.807, 2.05) is 0 Å². The van der Waals surface area contributed by atoms with Crippen molar-refractivity contribution in [2.45, 2.75) is 213 Å². The highest BCUT2D eigenvalue weighted by Crippen LogP contribution is 2.13. The molecule has 5 nitrogen and oxygen atoms in total. The van der Waals surface area contributed by atoms with Gasteiger partial charge < -0.3 is 14.6 Å². The van der Waals surface area contributed by atoms with Gasteiger partial charge in [0.1, 0.15) is 6.61 Å². The first-order chi connectivity index (χ1) is 35.6. The molecule has 0 saturated carbocycles. The van der Waals surface area contributed by atoms with E-state index >= 15 is 0 Å². The first-order valence-electron chi connectivity index (χ1n) is 28.3. The Labute approximate surface area is 442 Å². The molecule has 1 atom stereocenters. The second-order valence-corrected chi connectivity index (χ2v) is 17.9. The molecule has 0 fully saturated rings. The molecule has 0 amide bonds. The minimum absolute atomic E-state index is 0.0987. The summed E-state index contributed by atoms with van der Waals surface area (Å²) in [5.41, 5.74) is 0. The fraction of sp³-hybridized carbons (Fsp3) is 0.522. The standard InChI is InChI=1S/C67H102O5/c1-3-5-7-9-11-13-15-17-19-21-23-24-25-26-27-28-29-30-31-32-33-34-35-36-37-38-39-40-41-42-44-46-48-50-52-54-56-58-60-62-67(70)72-65(63-68)64-71-66(69)61-59-57-55-53-51-49-47-45-43-22-20-18-16-14-12-10-8-6-4-2/h5-8,11-14,17-20,23-24,26-27,29-30,32-33,35-36,38-39,41-43,45,49,51,65,68H,3-4,9-10,15-16,21-22,25,28,31,34,37,40,44,46-48,50,52-64H2,1-2H3/b7-5-,8-6-,13-11-,14-12-,19-17-,20-18-,24-23-,27-26-,30-29-,33-32-,36-35-,39-38-,42-41-,45-43-,51-49-. The third-order valence-electron chi connectivity index (χ3n) is 11.2. The van der Waals surface area contributed by atoms with Crippen molar-refractivity contribution >= 4 is 11.9 Å². The third kappa shape index (κ3) is 57.6. The van der Waals surface area contributed by atoms with Gasteiger partial charge in [-0.2, -0.15) is 0 Å². The van der Waals surface area contributed by atoms with Gasteiger partial charge in [-0.15, -0.1) is 0 Å². The molecular weight excluding hydrogens is 885 g/mol. The van der Waals surface area contributed by atoms with Crippen LogP contribution in [0.5, 0.6) is 0 Å². The third-order valence-corrected chi connectivity index (χ3v) is 11.2. The molecule has 0 aromatic heterocycles. The lowest BCUT2D eigenvalue weighted by Gasteiger charge is -2.15. The van der Waals surface area contributed by atoms with Crippen molar-refractivity contribution in [3.8, 4) is 0 Å². The van der Waals surface area contributed by atoms with Crippen LogP contribution in [0.25, 0.3) is 0 Å². The Morgan fingerprint density at radius 2 is 0.556 bits per heavy atom. The van der Waals surface area contributed by atoms with Crippen LogP contribution in [-0.2, 0) is 19.1 Å². The molecule has 0 spiro atoms. The Hall–Kier alpha value is -5.00. The van der Waals surface area contributed by atoms with Crippen LogP contribution in [0.3, 0.4) is 0 Å². The number of unbranched alkanes of at least 4 members (excludes halogenated alkanes) is 11. The van der Waals surface area contributed by atoms with Gasteiger partial charge in [0.2, 0.25) is 0 Å². The minimum atomic E-state index is -0.805. The van der Waals surface area contributed by atoms with Gasteiger partial charge in [0.15, 0.2) is 6.10 Å². The van der Waals surface area contributed by atoms with Crippen LogP contribution in [0.2, 0.25) is 0 Å². The summed E-state index contributed by atoms with van der Waals surface area (Å²) in [6, 6.07) is 0. The smallest absolute Gasteiger partial charge is 0.306 e. The van der Waals surface area contributed by atoms with E-state index < -0.39 is 6.10 Å². The molecular formula is C67H102O5. The normalized spacial score (nSPS) is 13.7. The summed E-state index contributed by atoms with van der Waals surface area (Å²) in [6.07, 6.45) is 95.7. The molecule has 0 aliphatic heterocycles. The maximum absolute atomic E-state index is 12.3. The minimum Gasteiger partial charge on any atom is -0.462 e. The molecule has 0 aromatic carbocycles. The number of esters is 2. The molecule has 0 rings (SSSR count). The van der Waals surface area contributed by atoms with E-state index in [1.165, 1.54) is 32.1 Å². The Morgan fingerprint density at radius 1 is 0.319 bits per heavy atom. The number of aliphatic hydroxyl groups excluding tert-OH is 1. The van der Waals surface area contributed by atoms with Crippen molar-refractivity contribution in [1.82, 2.24) is 0 Å². The van der Waals surface area contributed by atoms with Gasteiger partial charge in [0, 0.05) is 12.8 Å². The van der Waals surface area contributed by atoms with E-state index in [1.54, 1.807) is 0 Å². The lowest BCUT2D eigenvalue weighted by molar-refractivity contribution is -0.161. The van der Waals surface area contributed by atoms with E-state index in [-0.39, 0.29) is 25.2 Å². The van der Waals surface area contributed by atoms with Crippen LogP contribution in [0.1, 0.15) is 206 Å². The van der Waals surface area contributed by atoms with Crippen LogP contribution in [-0.4, -0.2) is 36.4 Å². The van der Waals surface area contributed by atoms with Crippen LogP contribution < -0.4 is 0 Å². The molecule has 0 radical (unpaired) electrons. The molecule has 1 N–H and O–H groups in total. The first-order valence-corrected chi connectivity index (χ1v) is 28.3. The lowest BCUT2D eigenvalue weighted by Crippen LogP contribution is -2.28. The van der Waals surface area contributed by atoms with Crippen molar-refractivity contribution < 1.29 is 24.2 Å². The zero-order valence-corrected chi connectivity index (χ0v) is 45.6. The molecule has 1 unspecified atom stereocenters. The Balaban J connectivity index is 3.66. The van der Waals surface area contributed by atoms with E-state index in [0.717, 1.165) is 148 Å². The number of aliphatic hydroxyl groups is 1. The number of carbonyl (C=O) groups is 2. The van der Waals surface area contributed by atoms with E-state index in [4.69, 9.17) is 9.47 Å². The monoisotopic (exact) mass is 987 g/mol. The SMILES string of the molecule is CC/C=C\C/C=C\C/C=C\C/C=C\C/C=C\C/C=C\C/C=C\C/C=C\C/C=C\C/C=C\CCCCCCCCCCC(=O)OC(CO)COC(=O)CCCCC/C=C\C/C=C\C/C=C\C/C=C\C/C=C\CC. The van der Waals surface area contributed by atoms with Gasteiger partial charge in [-0.05, 0) is 135 Å². The van der Waals surface area contributed by atoms with Gasteiger partial charge >= 0.3 is 11.9 Å². The molecule has 0 heterocycles. The van der Waals surface area contributed by atoms with Crippen molar-refractivity contribution in [3.63, 3.8) is 0 Å². The summed E-state index contributed by atoms with van der Waals surface area (Å²) >= 11 is 0. The Bertz CT molecular complexity index is 1680. The predicted molar refractivity (Wildman–Crippen MR) is 315 cm³/mol. The fourth-order valence-electron chi connectivity index (χ4n) is 7.02. The van der Waals surface area contributed by atoms with E-state index in [0.29, 0.717) is 12.8 Å². The molecule has 0 aliphatic rings. The van der Waals surface area contributed by atoms with Gasteiger partial charge in [0.05, 0.1) is 6.61 Å². The molecule has 0 saturated heterocycles. The molecule has 0 aromatic rings. The maximum atomic E-state index is 12.3. The quantitative estimate of drug-likeness (QED) is 0.0374. The van der Waals surface area contributed by atoms with Gasteiger partial charge in [0.25, 0.3) is 0 Å². The molecule has 5 heteroatoms. The number of hydrogen-bond acceptors (Lipinski definition) is 5. The van der Waals surface area contributed by atoms with E-state index in [2.05, 4.69) is 196 Å². The summed E-state index contributed by atoms with van der Waals surface area (Å²) in [5, 5.41) is 9.64. The van der Waals surface area contributed by atoms with Crippen LogP contribution in [0, 0.1) is 0 Å². The van der Waals surface area contributed by atoms with Gasteiger partial charge in [-0.3, -0.25) is 9.59 Å². The molecule has 0 bridgehead atoms. The average molecular weight is 988 g/mol. The largest absolute Gasteiger partial charge is 0.462 e. The average Bonchev–Trinajstić information content (AvgIpc) is 3.38. The Morgan fingerprint density at radius 3 is 0.847 bits per heavy atom. The highest BCUT2D eigenvalue weighted by molar-refractivity contribution is 5.70. The topological polar surface area (TPSA) is 72.8 Å². The second kappa shape index (κ2) is 60.3. The van der Waals surface area contributed by atoms with Crippen LogP contribution >= 0.6 is 0 Å². The van der Waals surface area contributed by atoms with Crippen molar-refractivity contribution in [1.29, 1.82) is 0 Å². The maximum Gasteiger partial charge on any atom is 0.306 e. The molecule has 0 aliphatic carbocycles. The zero-order chi connectivity index (χ0) is 52.0. The number of hydrogen-bond donors (Lipinski definition) is 1. The zero-order valence-electron chi connectivity index (χ0n) is 45.6. The van der Waals surface area contributed by atoms with Crippen molar-refractivity contribution in [2.75, 3.05) is 13.2 Å². The number of rotatable bonds is 49. The van der Waals surface area contributed by atoms with Crippen molar-refractivity contribution in [3.05, 3.63) is 182 Å². The summed E-state index contributed by atoms with van der Waals surface area (Å²) in [6.45, 7) is 3.86. The summed E-state index contributed by atoms with van der Waals surface area (Å²) in [5.74, 6) is -0.653. The Kier molecular flexibility index (Phi) is 56.1. The summed E-state index contributed by atoms with van der Waals surface area (Å²) in [4.78, 5) is 24.5. The molecule has 72 heavy (non-hydrogen) atoms. The number of carbonyl (C=O) groups excluding carboxylic acids is 2. The number of allylic oxidation sites excluding steroid dienone is 30. The lowest BCUT2D eigenvalue weighted by atomic mass is 10.1. The highest BCUT2D eigenvalue weighted by atomic mass is 16.6. The second-order valence-electron chi connectivity index (χ2n) is 17.9. The summed E-state index contributed by atoms with van der Waals surface area (Å²) in [7, 11) is 0. The highest BCUT2D eigenvalue weighted by Gasteiger charge is 2.16. The molecule has 400 valence electrons. The number of ether oxygens (including phenoxy) is 2. The van der Waals surface area contributed by atoms with Crippen LogP contribution in [0.4, 0.5) is 0 Å².